The molecule has 0 saturated heterocycles. The first kappa shape index (κ1) is 15.8. The first-order chi connectivity index (χ1) is 9.95. The number of aliphatic carboxylic acids is 1. The van der Waals surface area contributed by atoms with Crippen molar-refractivity contribution in [3.63, 3.8) is 0 Å². The van der Waals surface area contributed by atoms with Gasteiger partial charge in [-0.25, -0.2) is 4.39 Å². The molecule has 1 aliphatic carbocycles. The highest BCUT2D eigenvalue weighted by Crippen LogP contribution is 2.26. The van der Waals surface area contributed by atoms with E-state index in [9.17, 15) is 14.0 Å². The Bertz CT molecular complexity index is 552. The van der Waals surface area contributed by atoms with Crippen LogP contribution in [0.4, 0.5) is 4.39 Å². The third-order valence-corrected chi connectivity index (χ3v) is 4.02. The van der Waals surface area contributed by atoms with E-state index >= 15 is 0 Å². The highest BCUT2D eigenvalue weighted by molar-refractivity contribution is 9.10. The molecule has 0 unspecified atom stereocenters. The number of nitrogens with one attached hydrogen (secondary N) is 1. The van der Waals surface area contributed by atoms with Gasteiger partial charge in [0.1, 0.15) is 11.6 Å². The van der Waals surface area contributed by atoms with E-state index in [-0.39, 0.29) is 24.5 Å². The minimum Gasteiger partial charge on any atom is -0.483 e. The molecule has 0 spiro atoms. The third kappa shape index (κ3) is 4.42. The largest absolute Gasteiger partial charge is 0.483 e. The number of rotatable bonds is 5. The summed E-state index contributed by atoms with van der Waals surface area (Å²) in [5, 5.41) is 11.6. The fourth-order valence-corrected chi connectivity index (χ4v) is 2.81. The summed E-state index contributed by atoms with van der Waals surface area (Å²) in [6, 6.07) is 3.80. The van der Waals surface area contributed by atoms with Crippen molar-refractivity contribution in [2.75, 3.05) is 6.61 Å². The Morgan fingerprint density at radius 2 is 2.19 bits per heavy atom. The van der Waals surface area contributed by atoms with Crippen molar-refractivity contribution in [2.24, 2.45) is 5.92 Å². The number of benzene rings is 1. The summed E-state index contributed by atoms with van der Waals surface area (Å²) in [6.45, 7) is -0.196. The molecular formula is C14H15BrFNO4. The molecule has 2 N–H and O–H groups in total. The molecule has 1 aliphatic rings. The van der Waals surface area contributed by atoms with Gasteiger partial charge in [-0.2, -0.15) is 0 Å². The van der Waals surface area contributed by atoms with Crippen LogP contribution in [0.5, 0.6) is 5.75 Å². The van der Waals surface area contributed by atoms with Crippen LogP contribution in [-0.2, 0) is 9.59 Å². The molecule has 1 amide bonds. The average molecular weight is 360 g/mol. The molecule has 0 aliphatic heterocycles. The zero-order valence-electron chi connectivity index (χ0n) is 11.1. The summed E-state index contributed by atoms with van der Waals surface area (Å²) in [6.07, 6.45) is 1.68. The first-order valence-corrected chi connectivity index (χ1v) is 7.35. The Morgan fingerprint density at radius 1 is 1.43 bits per heavy atom. The molecule has 114 valence electrons. The molecule has 0 bridgehead atoms. The van der Waals surface area contributed by atoms with E-state index in [1.807, 2.05) is 0 Å². The second-order valence-electron chi connectivity index (χ2n) is 4.98. The zero-order valence-corrected chi connectivity index (χ0v) is 12.7. The lowest BCUT2D eigenvalue weighted by Crippen LogP contribution is -2.36. The van der Waals surface area contributed by atoms with Crippen molar-refractivity contribution in [3.8, 4) is 5.75 Å². The van der Waals surface area contributed by atoms with Gasteiger partial charge in [-0.05, 0) is 53.4 Å². The van der Waals surface area contributed by atoms with E-state index in [1.54, 1.807) is 0 Å². The van der Waals surface area contributed by atoms with Crippen molar-refractivity contribution < 1.29 is 23.8 Å². The van der Waals surface area contributed by atoms with E-state index in [0.717, 1.165) is 0 Å². The van der Waals surface area contributed by atoms with Crippen LogP contribution in [-0.4, -0.2) is 29.6 Å². The molecule has 1 saturated carbocycles. The molecule has 1 fully saturated rings. The lowest BCUT2D eigenvalue weighted by Gasteiger charge is -2.13. The second kappa shape index (κ2) is 6.89. The van der Waals surface area contributed by atoms with Crippen LogP contribution in [0.15, 0.2) is 22.7 Å². The molecule has 0 radical (unpaired) electrons. The average Bonchev–Trinajstić information content (AvgIpc) is 2.86. The smallest absolute Gasteiger partial charge is 0.306 e. The van der Waals surface area contributed by atoms with Crippen molar-refractivity contribution in [3.05, 3.63) is 28.5 Å². The van der Waals surface area contributed by atoms with Gasteiger partial charge in [-0.1, -0.05) is 0 Å². The lowest BCUT2D eigenvalue weighted by atomic mass is 10.1. The summed E-state index contributed by atoms with van der Waals surface area (Å²) < 4.78 is 18.6. The number of hydrogen-bond acceptors (Lipinski definition) is 3. The van der Waals surface area contributed by atoms with Crippen LogP contribution in [0.1, 0.15) is 19.3 Å². The number of halogens is 2. The standard InChI is InChI=1S/C14H15BrFNO4/c15-11-6-9(16)2-4-12(11)21-7-13(18)17-10-3-1-8(5-10)14(19)20/h2,4,6,8,10H,1,3,5,7H2,(H,17,18)(H,19,20)/t8-,10+/m0/s1. The van der Waals surface area contributed by atoms with Gasteiger partial charge in [-0.3, -0.25) is 9.59 Å². The van der Waals surface area contributed by atoms with Gasteiger partial charge >= 0.3 is 5.97 Å². The normalized spacial score (nSPS) is 21.0. The monoisotopic (exact) mass is 359 g/mol. The van der Waals surface area contributed by atoms with Gasteiger partial charge in [0.15, 0.2) is 6.61 Å². The summed E-state index contributed by atoms with van der Waals surface area (Å²) in [4.78, 5) is 22.6. The van der Waals surface area contributed by atoms with Crippen LogP contribution in [0.3, 0.4) is 0 Å². The van der Waals surface area contributed by atoms with E-state index in [0.29, 0.717) is 29.5 Å². The van der Waals surface area contributed by atoms with Gasteiger partial charge in [-0.15, -0.1) is 0 Å². The number of ether oxygens (including phenoxy) is 1. The fraction of sp³-hybridized carbons (Fsp3) is 0.429. The Hall–Kier alpha value is -1.63. The molecule has 5 nitrogen and oxygen atoms in total. The van der Waals surface area contributed by atoms with E-state index in [2.05, 4.69) is 21.2 Å². The molecule has 2 rings (SSSR count). The maximum atomic E-state index is 12.9. The molecule has 1 aromatic rings. The first-order valence-electron chi connectivity index (χ1n) is 6.55. The van der Waals surface area contributed by atoms with Crippen molar-refractivity contribution in [1.82, 2.24) is 5.32 Å². The van der Waals surface area contributed by atoms with E-state index < -0.39 is 11.8 Å². The van der Waals surface area contributed by atoms with Crippen LogP contribution in [0.25, 0.3) is 0 Å². The van der Waals surface area contributed by atoms with Gasteiger partial charge in [0.25, 0.3) is 5.91 Å². The predicted octanol–water partition coefficient (Wildman–Crippen LogP) is 2.34. The van der Waals surface area contributed by atoms with E-state index in [1.165, 1.54) is 18.2 Å². The van der Waals surface area contributed by atoms with Gasteiger partial charge in [0, 0.05) is 6.04 Å². The maximum absolute atomic E-state index is 12.9. The highest BCUT2D eigenvalue weighted by atomic mass is 79.9. The van der Waals surface area contributed by atoms with Gasteiger partial charge in [0.05, 0.1) is 10.4 Å². The summed E-state index contributed by atoms with van der Waals surface area (Å²) in [7, 11) is 0. The lowest BCUT2D eigenvalue weighted by molar-refractivity contribution is -0.141. The van der Waals surface area contributed by atoms with E-state index in [4.69, 9.17) is 9.84 Å². The van der Waals surface area contributed by atoms with Gasteiger partial charge < -0.3 is 15.2 Å². The maximum Gasteiger partial charge on any atom is 0.306 e. The fourth-order valence-electron chi connectivity index (χ4n) is 2.34. The van der Waals surface area contributed by atoms with Crippen molar-refractivity contribution in [2.45, 2.75) is 25.3 Å². The summed E-state index contributed by atoms with van der Waals surface area (Å²) in [5.74, 6) is -1.55. The minimum absolute atomic E-state index is 0.126. The van der Waals surface area contributed by atoms with Crippen LogP contribution in [0, 0.1) is 11.7 Å². The third-order valence-electron chi connectivity index (χ3n) is 3.40. The SMILES string of the molecule is O=C(COc1ccc(F)cc1Br)N[C@@H]1CC[C@H](C(=O)O)C1. The molecular weight excluding hydrogens is 345 g/mol. The number of carbonyl (C=O) groups excluding carboxylic acids is 1. The Kier molecular flexibility index (Phi) is 5.17. The highest BCUT2D eigenvalue weighted by Gasteiger charge is 2.30. The Labute approximate surface area is 129 Å². The van der Waals surface area contributed by atoms with Gasteiger partial charge in [0.2, 0.25) is 0 Å². The number of amides is 1. The van der Waals surface area contributed by atoms with Crippen LogP contribution >= 0.6 is 15.9 Å². The van der Waals surface area contributed by atoms with Crippen molar-refractivity contribution in [1.29, 1.82) is 0 Å². The number of carbonyl (C=O) groups is 2. The summed E-state index contributed by atoms with van der Waals surface area (Å²) >= 11 is 3.15. The zero-order chi connectivity index (χ0) is 15.4. The molecule has 1 aromatic carbocycles. The molecule has 0 heterocycles. The second-order valence-corrected chi connectivity index (χ2v) is 5.83. The van der Waals surface area contributed by atoms with Crippen LogP contribution in [0.2, 0.25) is 0 Å². The topological polar surface area (TPSA) is 75.6 Å². The molecule has 0 aromatic heterocycles. The Balaban J connectivity index is 1.79. The molecule has 21 heavy (non-hydrogen) atoms. The number of hydrogen-bond donors (Lipinski definition) is 2. The Morgan fingerprint density at radius 3 is 2.81 bits per heavy atom. The minimum atomic E-state index is -0.821. The predicted molar refractivity (Wildman–Crippen MR) is 76.5 cm³/mol. The summed E-state index contributed by atoms with van der Waals surface area (Å²) in [5.41, 5.74) is 0. The quantitative estimate of drug-likeness (QED) is 0.845. The number of carboxylic acids is 1. The number of carboxylic acid groups (broad SMARTS) is 1. The molecule has 7 heteroatoms. The molecule has 2 atom stereocenters. The van der Waals surface area contributed by atoms with Crippen LogP contribution < -0.4 is 10.1 Å². The van der Waals surface area contributed by atoms with Crippen molar-refractivity contribution >= 4 is 27.8 Å².